The maximum Gasteiger partial charge on any atom is 0.339 e. The molecule has 0 fully saturated rings. The lowest BCUT2D eigenvalue weighted by Gasteiger charge is -2.19. The monoisotopic (exact) mass is 394 g/mol. The average molecular weight is 395 g/mol. The summed E-state index contributed by atoms with van der Waals surface area (Å²) in [6.45, 7) is 6.52. The van der Waals surface area contributed by atoms with Crippen LogP contribution in [-0.4, -0.2) is 32.9 Å². The molecule has 0 amide bonds. The van der Waals surface area contributed by atoms with Crippen molar-refractivity contribution in [3.05, 3.63) is 71.4 Å². The molecule has 0 spiro atoms. The average Bonchev–Trinajstić information content (AvgIpc) is 3.06. The van der Waals surface area contributed by atoms with Gasteiger partial charge in [0.15, 0.2) is 0 Å². The molecule has 0 atom stereocenters. The number of hydrogen-bond acceptors (Lipinski definition) is 3. The van der Waals surface area contributed by atoms with Crippen LogP contribution in [0, 0.1) is 0 Å². The van der Waals surface area contributed by atoms with Crippen molar-refractivity contribution in [2.24, 2.45) is 0 Å². The second-order valence-electron chi connectivity index (χ2n) is 7.79. The zero-order valence-corrected chi connectivity index (χ0v) is 17.6. The lowest BCUT2D eigenvalue weighted by atomic mass is 9.87. The fourth-order valence-electron chi connectivity index (χ4n) is 3.21. The van der Waals surface area contributed by atoms with E-state index in [0.29, 0.717) is 23.4 Å². The van der Waals surface area contributed by atoms with Gasteiger partial charge in [0, 0.05) is 12.0 Å². The van der Waals surface area contributed by atoms with Gasteiger partial charge in [0.25, 0.3) is 0 Å². The quantitative estimate of drug-likeness (QED) is 0.605. The van der Waals surface area contributed by atoms with E-state index in [4.69, 9.17) is 5.10 Å². The van der Waals surface area contributed by atoms with Crippen molar-refractivity contribution in [2.45, 2.75) is 32.6 Å². The molecule has 0 unspecified atom stereocenters. The highest BCUT2D eigenvalue weighted by molar-refractivity contribution is 7.98. The van der Waals surface area contributed by atoms with E-state index in [2.05, 4.69) is 32.9 Å². The molecule has 3 rings (SSSR count). The van der Waals surface area contributed by atoms with E-state index in [1.807, 2.05) is 48.7 Å². The molecule has 3 aromatic rings. The number of carbonyl (C=O) groups is 1. The second-order valence-corrected chi connectivity index (χ2v) is 8.78. The SMILES string of the molecule is CSCCc1nn(-c2ccc(C(C)(C)C)cc2)c(-c2ccccc2)c1C(=O)O. The first-order chi connectivity index (χ1) is 13.3. The topological polar surface area (TPSA) is 55.1 Å². The number of aromatic nitrogens is 2. The summed E-state index contributed by atoms with van der Waals surface area (Å²) in [7, 11) is 0. The minimum absolute atomic E-state index is 0.0562. The molecule has 146 valence electrons. The summed E-state index contributed by atoms with van der Waals surface area (Å²) in [4.78, 5) is 12.1. The summed E-state index contributed by atoms with van der Waals surface area (Å²) in [5, 5.41) is 14.7. The molecule has 4 nitrogen and oxygen atoms in total. The summed E-state index contributed by atoms with van der Waals surface area (Å²) >= 11 is 1.69. The molecule has 0 bridgehead atoms. The molecule has 0 aliphatic heterocycles. The van der Waals surface area contributed by atoms with Crippen LogP contribution in [0.1, 0.15) is 42.4 Å². The number of benzene rings is 2. The van der Waals surface area contributed by atoms with Crippen molar-refractivity contribution in [3.63, 3.8) is 0 Å². The highest BCUT2D eigenvalue weighted by atomic mass is 32.2. The summed E-state index contributed by atoms with van der Waals surface area (Å²) < 4.78 is 1.78. The molecule has 0 radical (unpaired) electrons. The molecule has 0 saturated heterocycles. The normalized spacial score (nSPS) is 11.6. The minimum Gasteiger partial charge on any atom is -0.478 e. The first kappa shape index (κ1) is 20.2. The lowest BCUT2D eigenvalue weighted by Crippen LogP contribution is -2.11. The van der Waals surface area contributed by atoms with Crippen molar-refractivity contribution in [3.8, 4) is 16.9 Å². The lowest BCUT2D eigenvalue weighted by molar-refractivity contribution is 0.0696. The number of carboxylic acids is 1. The van der Waals surface area contributed by atoms with Gasteiger partial charge in [-0.05, 0) is 35.1 Å². The number of hydrogen-bond donors (Lipinski definition) is 1. The Morgan fingerprint density at radius 3 is 2.25 bits per heavy atom. The molecule has 0 aliphatic rings. The molecule has 1 heterocycles. The van der Waals surface area contributed by atoms with Crippen LogP contribution in [0.3, 0.4) is 0 Å². The third-order valence-corrected chi connectivity index (χ3v) is 5.35. The number of aromatic carboxylic acids is 1. The standard InChI is InChI=1S/C23H26N2O2S/c1-23(2,3)17-10-12-18(13-11-17)25-21(16-8-6-5-7-9-16)20(22(26)27)19(24-25)14-15-28-4/h5-13H,14-15H2,1-4H3,(H,26,27). The van der Waals surface area contributed by atoms with Crippen LogP contribution in [0.2, 0.25) is 0 Å². The summed E-state index contributed by atoms with van der Waals surface area (Å²) in [5.41, 5.74) is 4.55. The Morgan fingerprint density at radius 2 is 1.71 bits per heavy atom. The van der Waals surface area contributed by atoms with Crippen molar-refractivity contribution in [2.75, 3.05) is 12.0 Å². The van der Waals surface area contributed by atoms with E-state index >= 15 is 0 Å². The predicted octanol–water partition coefficient (Wildman–Crippen LogP) is 5.44. The Kier molecular flexibility index (Phi) is 5.94. The van der Waals surface area contributed by atoms with Gasteiger partial charge in [-0.1, -0.05) is 63.2 Å². The zero-order chi connectivity index (χ0) is 20.3. The van der Waals surface area contributed by atoms with Gasteiger partial charge in [0.2, 0.25) is 0 Å². The molecule has 1 aromatic heterocycles. The summed E-state index contributed by atoms with van der Waals surface area (Å²) in [5.74, 6) is -0.110. The van der Waals surface area contributed by atoms with Crippen LogP contribution >= 0.6 is 11.8 Å². The maximum absolute atomic E-state index is 12.1. The van der Waals surface area contributed by atoms with Crippen LogP contribution in [0.4, 0.5) is 0 Å². The fourth-order valence-corrected chi connectivity index (χ4v) is 3.61. The third kappa shape index (κ3) is 4.14. The van der Waals surface area contributed by atoms with E-state index in [-0.39, 0.29) is 5.41 Å². The zero-order valence-electron chi connectivity index (χ0n) is 16.8. The third-order valence-electron chi connectivity index (χ3n) is 4.74. The molecule has 28 heavy (non-hydrogen) atoms. The first-order valence-corrected chi connectivity index (χ1v) is 10.7. The molecule has 2 aromatic carbocycles. The van der Waals surface area contributed by atoms with E-state index in [1.54, 1.807) is 16.4 Å². The van der Waals surface area contributed by atoms with E-state index in [0.717, 1.165) is 17.0 Å². The number of rotatable bonds is 6. The smallest absolute Gasteiger partial charge is 0.339 e. The predicted molar refractivity (Wildman–Crippen MR) is 117 cm³/mol. The van der Waals surface area contributed by atoms with Crippen molar-refractivity contribution >= 4 is 17.7 Å². The molecule has 0 aliphatic carbocycles. The van der Waals surface area contributed by atoms with Crippen LogP contribution in [0.5, 0.6) is 0 Å². The number of aryl methyl sites for hydroxylation is 1. The van der Waals surface area contributed by atoms with Crippen LogP contribution in [0.25, 0.3) is 16.9 Å². The van der Waals surface area contributed by atoms with Gasteiger partial charge in [-0.2, -0.15) is 16.9 Å². The van der Waals surface area contributed by atoms with Crippen LogP contribution < -0.4 is 0 Å². The van der Waals surface area contributed by atoms with E-state index in [1.165, 1.54) is 5.56 Å². The Bertz CT molecular complexity index is 955. The van der Waals surface area contributed by atoms with Gasteiger partial charge in [-0.3, -0.25) is 0 Å². The first-order valence-electron chi connectivity index (χ1n) is 9.33. The molecule has 1 N–H and O–H groups in total. The summed E-state index contributed by atoms with van der Waals surface area (Å²) in [6, 6.07) is 17.8. The number of carboxylic acid groups (broad SMARTS) is 1. The van der Waals surface area contributed by atoms with Crippen molar-refractivity contribution < 1.29 is 9.90 Å². The number of nitrogens with zero attached hydrogens (tertiary/aromatic N) is 2. The van der Waals surface area contributed by atoms with Gasteiger partial charge < -0.3 is 5.11 Å². The summed E-state index contributed by atoms with van der Waals surface area (Å²) in [6.07, 6.45) is 2.64. The van der Waals surface area contributed by atoms with E-state index < -0.39 is 5.97 Å². The molecule has 0 saturated carbocycles. The van der Waals surface area contributed by atoms with E-state index in [9.17, 15) is 9.90 Å². The molecule has 5 heteroatoms. The minimum atomic E-state index is -0.937. The van der Waals surface area contributed by atoms with Gasteiger partial charge in [0.05, 0.1) is 17.1 Å². The van der Waals surface area contributed by atoms with Gasteiger partial charge in [0.1, 0.15) is 5.56 Å². The highest BCUT2D eigenvalue weighted by Crippen LogP contribution is 2.31. The fraction of sp³-hybridized carbons (Fsp3) is 0.304. The highest BCUT2D eigenvalue weighted by Gasteiger charge is 2.25. The van der Waals surface area contributed by atoms with Crippen LogP contribution in [0.15, 0.2) is 54.6 Å². The van der Waals surface area contributed by atoms with Gasteiger partial charge in [-0.15, -0.1) is 0 Å². The van der Waals surface area contributed by atoms with Crippen molar-refractivity contribution in [1.29, 1.82) is 0 Å². The second kappa shape index (κ2) is 8.23. The Hall–Kier alpha value is -2.53. The van der Waals surface area contributed by atoms with Gasteiger partial charge >= 0.3 is 5.97 Å². The largest absolute Gasteiger partial charge is 0.478 e. The van der Waals surface area contributed by atoms with Gasteiger partial charge in [-0.25, -0.2) is 9.48 Å². The Labute approximate surface area is 170 Å². The molecular weight excluding hydrogens is 368 g/mol. The maximum atomic E-state index is 12.1. The molecular formula is C23H26N2O2S. The van der Waals surface area contributed by atoms with Crippen LogP contribution in [-0.2, 0) is 11.8 Å². The van der Waals surface area contributed by atoms with Crippen molar-refractivity contribution in [1.82, 2.24) is 9.78 Å². The Balaban J connectivity index is 2.20. The Morgan fingerprint density at radius 1 is 1.07 bits per heavy atom. The number of thioether (sulfide) groups is 1.